The van der Waals surface area contributed by atoms with E-state index in [2.05, 4.69) is 42.5 Å². The van der Waals surface area contributed by atoms with Gasteiger partial charge in [0, 0.05) is 13.2 Å². The second-order valence-electron chi connectivity index (χ2n) is 4.35. The maximum Gasteiger partial charge on any atom is 0.0549 e. The van der Waals surface area contributed by atoms with Crippen LogP contribution in [-0.4, -0.2) is 18.3 Å². The lowest BCUT2D eigenvalue weighted by atomic mass is 10.0. The van der Waals surface area contributed by atoms with Crippen LogP contribution in [-0.2, 0) is 6.42 Å². The molecule has 0 fully saturated rings. The molecule has 0 amide bonds. The highest BCUT2D eigenvalue weighted by Gasteiger charge is 2.02. The van der Waals surface area contributed by atoms with Crippen LogP contribution < -0.4 is 0 Å². The van der Waals surface area contributed by atoms with Gasteiger partial charge in [-0.05, 0) is 37.3 Å². The Labute approximate surface area is 97.3 Å². The fraction of sp³-hybridized carbons (Fsp3) is 0.357. The predicted octanol–water partition coefficient (Wildman–Crippen LogP) is 3.19. The van der Waals surface area contributed by atoms with Gasteiger partial charge < -0.3 is 0 Å². The van der Waals surface area contributed by atoms with Crippen LogP contribution in [0.5, 0.6) is 0 Å². The molecular weight excluding hydrogens is 196 g/mol. The van der Waals surface area contributed by atoms with Gasteiger partial charge in [0.05, 0.1) is 6.21 Å². The van der Waals surface area contributed by atoms with Crippen molar-refractivity contribution in [3.8, 4) is 0 Å². The van der Waals surface area contributed by atoms with Gasteiger partial charge in [0.15, 0.2) is 0 Å². The van der Waals surface area contributed by atoms with E-state index >= 15 is 0 Å². The van der Waals surface area contributed by atoms with Crippen molar-refractivity contribution in [1.29, 1.82) is 0 Å². The van der Waals surface area contributed by atoms with Gasteiger partial charge in [0.25, 0.3) is 0 Å². The molecule has 1 heterocycles. The van der Waals surface area contributed by atoms with Crippen molar-refractivity contribution < 1.29 is 0 Å². The van der Waals surface area contributed by atoms with Crippen molar-refractivity contribution in [3.05, 3.63) is 47.2 Å². The van der Waals surface area contributed by atoms with Crippen LogP contribution in [0.4, 0.5) is 0 Å². The average molecular weight is 214 g/mol. The number of fused-ring (bicyclic) bond motifs is 1. The first-order valence-electron chi connectivity index (χ1n) is 5.78. The zero-order valence-corrected chi connectivity index (χ0v) is 9.98. The van der Waals surface area contributed by atoms with Gasteiger partial charge in [-0.25, -0.2) is 0 Å². The van der Waals surface area contributed by atoms with Gasteiger partial charge in [-0.15, -0.1) is 0 Å². The SMILES string of the molecule is C/C1=C\N(C)/N=C/c2ccccc2CCC1. The summed E-state index contributed by atoms with van der Waals surface area (Å²) in [5.74, 6) is 0. The molecule has 0 aromatic heterocycles. The van der Waals surface area contributed by atoms with Crippen LogP contribution in [0.1, 0.15) is 30.9 Å². The van der Waals surface area contributed by atoms with E-state index in [0.29, 0.717) is 0 Å². The highest BCUT2D eigenvalue weighted by atomic mass is 15.4. The predicted molar refractivity (Wildman–Crippen MR) is 68.5 cm³/mol. The Morgan fingerprint density at radius 3 is 2.88 bits per heavy atom. The summed E-state index contributed by atoms with van der Waals surface area (Å²) in [7, 11) is 1.98. The number of aryl methyl sites for hydroxylation is 1. The van der Waals surface area contributed by atoms with E-state index in [9.17, 15) is 0 Å². The number of hydrogen-bond acceptors (Lipinski definition) is 2. The summed E-state index contributed by atoms with van der Waals surface area (Å²) in [6.45, 7) is 2.17. The lowest BCUT2D eigenvalue weighted by Gasteiger charge is -2.13. The fourth-order valence-corrected chi connectivity index (χ4v) is 2.02. The zero-order chi connectivity index (χ0) is 11.4. The van der Waals surface area contributed by atoms with Crippen molar-refractivity contribution >= 4 is 6.21 Å². The van der Waals surface area contributed by atoms with E-state index in [4.69, 9.17) is 0 Å². The molecule has 1 aliphatic heterocycles. The smallest absolute Gasteiger partial charge is 0.0549 e. The molecule has 16 heavy (non-hydrogen) atoms. The topological polar surface area (TPSA) is 15.6 Å². The summed E-state index contributed by atoms with van der Waals surface area (Å²) in [5, 5.41) is 6.30. The third kappa shape index (κ3) is 2.72. The lowest BCUT2D eigenvalue weighted by molar-refractivity contribution is 0.485. The van der Waals surface area contributed by atoms with Gasteiger partial charge in [0.1, 0.15) is 0 Å². The van der Waals surface area contributed by atoms with Crippen molar-refractivity contribution in [1.82, 2.24) is 5.01 Å². The third-order valence-electron chi connectivity index (χ3n) is 2.86. The first kappa shape index (κ1) is 10.9. The van der Waals surface area contributed by atoms with Crippen molar-refractivity contribution in [2.75, 3.05) is 7.05 Å². The molecule has 0 saturated carbocycles. The quantitative estimate of drug-likeness (QED) is 0.647. The molecule has 0 atom stereocenters. The third-order valence-corrected chi connectivity index (χ3v) is 2.86. The lowest BCUT2D eigenvalue weighted by Crippen LogP contribution is -2.05. The van der Waals surface area contributed by atoms with Crippen LogP contribution >= 0.6 is 0 Å². The second-order valence-corrected chi connectivity index (χ2v) is 4.35. The second kappa shape index (κ2) is 4.97. The molecule has 1 aromatic carbocycles. The largest absolute Gasteiger partial charge is 0.276 e. The van der Waals surface area contributed by atoms with E-state index in [0.717, 1.165) is 12.8 Å². The Morgan fingerprint density at radius 1 is 1.19 bits per heavy atom. The van der Waals surface area contributed by atoms with Gasteiger partial charge in [-0.1, -0.05) is 29.8 Å². The number of benzene rings is 1. The molecule has 0 N–H and O–H groups in total. The van der Waals surface area contributed by atoms with Crippen LogP contribution in [0.3, 0.4) is 0 Å². The van der Waals surface area contributed by atoms with E-state index in [-0.39, 0.29) is 0 Å². The summed E-state index contributed by atoms with van der Waals surface area (Å²) in [6, 6.07) is 8.50. The molecule has 84 valence electrons. The van der Waals surface area contributed by atoms with E-state index in [1.165, 1.54) is 23.1 Å². The minimum atomic E-state index is 1.14. The number of hydrogen-bond donors (Lipinski definition) is 0. The van der Waals surface area contributed by atoms with E-state index in [1.54, 1.807) is 0 Å². The number of rotatable bonds is 0. The zero-order valence-electron chi connectivity index (χ0n) is 9.98. The first-order chi connectivity index (χ1) is 7.75. The molecule has 0 radical (unpaired) electrons. The molecule has 2 rings (SSSR count). The monoisotopic (exact) mass is 214 g/mol. The maximum atomic E-state index is 4.41. The number of allylic oxidation sites excluding steroid dienone is 1. The molecule has 0 unspecified atom stereocenters. The van der Waals surface area contributed by atoms with Crippen LogP contribution in [0.15, 0.2) is 41.1 Å². The Kier molecular flexibility index (Phi) is 3.40. The molecule has 0 saturated heterocycles. The van der Waals surface area contributed by atoms with Gasteiger partial charge in [-0.2, -0.15) is 5.10 Å². The molecule has 0 spiro atoms. The Morgan fingerprint density at radius 2 is 2.00 bits per heavy atom. The van der Waals surface area contributed by atoms with Gasteiger partial charge >= 0.3 is 0 Å². The Bertz CT molecular complexity index is 418. The summed E-state index contributed by atoms with van der Waals surface area (Å²) < 4.78 is 0. The molecule has 2 nitrogen and oxygen atoms in total. The van der Waals surface area contributed by atoms with Gasteiger partial charge in [-0.3, -0.25) is 5.01 Å². The van der Waals surface area contributed by atoms with Gasteiger partial charge in [0.2, 0.25) is 0 Å². The minimum Gasteiger partial charge on any atom is -0.276 e. The Hall–Kier alpha value is -1.57. The Balaban J connectivity index is 2.31. The molecule has 2 heteroatoms. The van der Waals surface area contributed by atoms with E-state index in [1.807, 2.05) is 18.3 Å². The highest BCUT2D eigenvalue weighted by Crippen LogP contribution is 2.15. The number of nitrogens with zero attached hydrogens (tertiary/aromatic N) is 2. The molecule has 1 aliphatic rings. The van der Waals surface area contributed by atoms with Crippen molar-refractivity contribution in [3.63, 3.8) is 0 Å². The number of hydrazone groups is 1. The van der Waals surface area contributed by atoms with Crippen molar-refractivity contribution in [2.24, 2.45) is 5.10 Å². The molecule has 0 bridgehead atoms. The normalized spacial score (nSPS) is 21.9. The van der Waals surface area contributed by atoms with Crippen LogP contribution in [0.2, 0.25) is 0 Å². The fourth-order valence-electron chi connectivity index (χ4n) is 2.02. The minimum absolute atomic E-state index is 1.14. The highest BCUT2D eigenvalue weighted by molar-refractivity contribution is 5.81. The molecular formula is C14H18N2. The maximum absolute atomic E-state index is 4.41. The molecule has 1 aromatic rings. The van der Waals surface area contributed by atoms with E-state index < -0.39 is 0 Å². The standard InChI is InChI=1S/C14H18N2/c1-12-6-5-9-13-7-3-4-8-14(13)10-15-16(2)11-12/h3-4,7-8,10-11H,5-6,9H2,1-2H3/b12-11+,15-10+. The summed E-state index contributed by atoms with van der Waals surface area (Å²) >= 11 is 0. The summed E-state index contributed by atoms with van der Waals surface area (Å²) in [4.78, 5) is 0. The summed E-state index contributed by atoms with van der Waals surface area (Å²) in [5.41, 5.74) is 4.02. The average Bonchev–Trinajstić information content (AvgIpc) is 2.27. The van der Waals surface area contributed by atoms with Crippen LogP contribution in [0.25, 0.3) is 0 Å². The first-order valence-corrected chi connectivity index (χ1v) is 5.78. The molecule has 0 aliphatic carbocycles. The van der Waals surface area contributed by atoms with Crippen molar-refractivity contribution in [2.45, 2.75) is 26.2 Å². The van der Waals surface area contributed by atoms with Crippen LogP contribution in [0, 0.1) is 0 Å². The summed E-state index contributed by atoms with van der Waals surface area (Å²) in [6.07, 6.45) is 7.54.